The van der Waals surface area contributed by atoms with Crippen molar-refractivity contribution in [2.24, 2.45) is 0 Å². The fourth-order valence-electron chi connectivity index (χ4n) is 1.11. The van der Waals surface area contributed by atoms with Gasteiger partial charge in [0, 0.05) is 22.0 Å². The molecule has 0 heterocycles. The highest BCUT2D eigenvalue weighted by Gasteiger charge is 2.10. The molecule has 2 nitrogen and oxygen atoms in total. The Kier molecular flexibility index (Phi) is 3.88. The van der Waals surface area contributed by atoms with Crippen molar-refractivity contribution < 1.29 is 9.47 Å². The highest BCUT2D eigenvalue weighted by molar-refractivity contribution is 9.08. The van der Waals surface area contributed by atoms with Crippen LogP contribution in [0.2, 0.25) is 5.02 Å². The van der Waals surface area contributed by atoms with E-state index in [-0.39, 0.29) is 0 Å². The maximum atomic E-state index is 5.88. The van der Waals surface area contributed by atoms with E-state index in [1.807, 2.05) is 6.07 Å². The number of alkyl halides is 1. The molecule has 0 amide bonds. The Morgan fingerprint density at radius 2 is 2.00 bits per heavy atom. The fourth-order valence-corrected chi connectivity index (χ4v) is 1.75. The summed E-state index contributed by atoms with van der Waals surface area (Å²) in [5.41, 5.74) is 0.979. The van der Waals surface area contributed by atoms with Crippen molar-refractivity contribution in [1.82, 2.24) is 0 Å². The molecule has 0 saturated carbocycles. The number of ether oxygens (including phenoxy) is 2. The minimum Gasteiger partial charge on any atom is -0.493 e. The molecule has 0 spiro atoms. The van der Waals surface area contributed by atoms with Gasteiger partial charge in [-0.3, -0.25) is 0 Å². The minimum absolute atomic E-state index is 0.645. The lowest BCUT2D eigenvalue weighted by Gasteiger charge is -2.11. The van der Waals surface area contributed by atoms with Crippen molar-refractivity contribution in [1.29, 1.82) is 0 Å². The smallest absolute Gasteiger partial charge is 0.164 e. The summed E-state index contributed by atoms with van der Waals surface area (Å²) in [5.74, 6) is 1.38. The lowest BCUT2D eigenvalue weighted by molar-refractivity contribution is 0.353. The van der Waals surface area contributed by atoms with Crippen LogP contribution in [0.1, 0.15) is 5.56 Å². The molecule has 13 heavy (non-hydrogen) atoms. The molecular weight excluding hydrogens is 255 g/mol. The van der Waals surface area contributed by atoms with Gasteiger partial charge >= 0.3 is 0 Å². The lowest BCUT2D eigenvalue weighted by atomic mass is 10.2. The summed E-state index contributed by atoms with van der Waals surface area (Å²) < 4.78 is 10.3. The first kappa shape index (κ1) is 10.7. The van der Waals surface area contributed by atoms with Gasteiger partial charge in [-0.1, -0.05) is 27.5 Å². The molecule has 0 N–H and O–H groups in total. The number of benzene rings is 1. The number of halogens is 2. The van der Waals surface area contributed by atoms with Crippen LogP contribution in [0.4, 0.5) is 0 Å². The van der Waals surface area contributed by atoms with Crippen LogP contribution in [0.5, 0.6) is 11.5 Å². The van der Waals surface area contributed by atoms with E-state index in [1.54, 1.807) is 20.3 Å². The van der Waals surface area contributed by atoms with Crippen LogP contribution in [0.3, 0.4) is 0 Å². The largest absolute Gasteiger partial charge is 0.493 e. The topological polar surface area (TPSA) is 18.5 Å². The monoisotopic (exact) mass is 264 g/mol. The average Bonchev–Trinajstić information content (AvgIpc) is 2.16. The molecule has 0 aromatic heterocycles. The van der Waals surface area contributed by atoms with Gasteiger partial charge in [0.25, 0.3) is 0 Å². The van der Waals surface area contributed by atoms with E-state index in [4.69, 9.17) is 21.1 Å². The first-order valence-electron chi connectivity index (χ1n) is 3.69. The Morgan fingerprint density at radius 3 is 2.46 bits per heavy atom. The number of hydrogen-bond donors (Lipinski definition) is 0. The molecular formula is C9H10BrClO2. The summed E-state index contributed by atoms with van der Waals surface area (Å²) in [7, 11) is 3.20. The van der Waals surface area contributed by atoms with E-state index in [0.29, 0.717) is 16.1 Å². The number of rotatable bonds is 3. The molecule has 0 aliphatic rings. The summed E-state index contributed by atoms with van der Waals surface area (Å²) in [6.07, 6.45) is 0. The van der Waals surface area contributed by atoms with Crippen molar-refractivity contribution >= 4 is 27.5 Å². The Balaban J connectivity index is 3.25. The molecule has 1 aromatic carbocycles. The van der Waals surface area contributed by atoms with Crippen LogP contribution in [0.25, 0.3) is 0 Å². The molecule has 0 aliphatic heterocycles. The van der Waals surface area contributed by atoms with Gasteiger partial charge < -0.3 is 9.47 Å². The van der Waals surface area contributed by atoms with Crippen LogP contribution >= 0.6 is 27.5 Å². The maximum Gasteiger partial charge on any atom is 0.164 e. The van der Waals surface area contributed by atoms with Crippen molar-refractivity contribution in [2.75, 3.05) is 14.2 Å². The number of methoxy groups -OCH3 is 2. The molecule has 72 valence electrons. The van der Waals surface area contributed by atoms with Crippen LogP contribution < -0.4 is 9.47 Å². The Hall–Kier alpha value is -0.410. The van der Waals surface area contributed by atoms with Crippen LogP contribution in [0.15, 0.2) is 12.1 Å². The molecule has 0 radical (unpaired) electrons. The van der Waals surface area contributed by atoms with Gasteiger partial charge in [-0.2, -0.15) is 0 Å². The molecule has 0 bridgehead atoms. The predicted molar refractivity (Wildman–Crippen MR) is 57.2 cm³/mol. The zero-order valence-electron chi connectivity index (χ0n) is 7.43. The summed E-state index contributed by atoms with van der Waals surface area (Å²) >= 11 is 9.23. The second-order valence-electron chi connectivity index (χ2n) is 2.43. The van der Waals surface area contributed by atoms with Gasteiger partial charge in [0.05, 0.1) is 14.2 Å². The van der Waals surface area contributed by atoms with Gasteiger partial charge in [0.1, 0.15) is 0 Å². The van der Waals surface area contributed by atoms with E-state index in [1.165, 1.54) is 0 Å². The molecule has 1 rings (SSSR count). The van der Waals surface area contributed by atoms with Gasteiger partial charge in [-0.05, 0) is 6.07 Å². The van der Waals surface area contributed by atoms with Crippen molar-refractivity contribution in [3.63, 3.8) is 0 Å². The standard InChI is InChI=1S/C9H10BrClO2/c1-12-8-4-7(11)3-6(5-10)9(8)13-2/h3-4H,5H2,1-2H3. The Morgan fingerprint density at radius 1 is 1.31 bits per heavy atom. The van der Waals surface area contributed by atoms with E-state index < -0.39 is 0 Å². The highest BCUT2D eigenvalue weighted by Crippen LogP contribution is 2.35. The summed E-state index contributed by atoms with van der Waals surface area (Å²) in [5, 5.41) is 1.33. The summed E-state index contributed by atoms with van der Waals surface area (Å²) in [6, 6.07) is 3.57. The normalized spacial score (nSPS) is 9.85. The molecule has 0 fully saturated rings. The SMILES string of the molecule is COc1cc(Cl)cc(CBr)c1OC. The van der Waals surface area contributed by atoms with Gasteiger partial charge in [0.2, 0.25) is 0 Å². The van der Waals surface area contributed by atoms with Crippen molar-refractivity contribution in [2.45, 2.75) is 5.33 Å². The van der Waals surface area contributed by atoms with Gasteiger partial charge in [-0.15, -0.1) is 0 Å². The predicted octanol–water partition coefficient (Wildman–Crippen LogP) is 3.25. The van der Waals surface area contributed by atoms with E-state index >= 15 is 0 Å². The Labute approximate surface area is 90.9 Å². The second-order valence-corrected chi connectivity index (χ2v) is 3.43. The molecule has 1 aromatic rings. The minimum atomic E-state index is 0.645. The highest BCUT2D eigenvalue weighted by atomic mass is 79.9. The zero-order chi connectivity index (χ0) is 9.84. The third-order valence-electron chi connectivity index (χ3n) is 1.66. The van der Waals surface area contributed by atoms with Crippen LogP contribution in [-0.4, -0.2) is 14.2 Å². The van der Waals surface area contributed by atoms with Crippen LogP contribution in [-0.2, 0) is 5.33 Å². The van der Waals surface area contributed by atoms with Gasteiger partial charge in [-0.25, -0.2) is 0 Å². The summed E-state index contributed by atoms with van der Waals surface area (Å²) in [6.45, 7) is 0. The molecule has 4 heteroatoms. The molecule has 0 saturated heterocycles. The van der Waals surface area contributed by atoms with E-state index in [2.05, 4.69) is 15.9 Å². The third kappa shape index (κ3) is 2.29. The average molecular weight is 266 g/mol. The first-order valence-corrected chi connectivity index (χ1v) is 5.19. The summed E-state index contributed by atoms with van der Waals surface area (Å²) in [4.78, 5) is 0. The molecule has 0 unspecified atom stereocenters. The van der Waals surface area contributed by atoms with Gasteiger partial charge in [0.15, 0.2) is 11.5 Å². The lowest BCUT2D eigenvalue weighted by Crippen LogP contribution is -1.94. The maximum absolute atomic E-state index is 5.88. The van der Waals surface area contributed by atoms with Crippen molar-refractivity contribution in [3.8, 4) is 11.5 Å². The van der Waals surface area contributed by atoms with E-state index in [9.17, 15) is 0 Å². The van der Waals surface area contributed by atoms with E-state index in [0.717, 1.165) is 11.3 Å². The third-order valence-corrected chi connectivity index (χ3v) is 2.49. The quantitative estimate of drug-likeness (QED) is 0.781. The van der Waals surface area contributed by atoms with Crippen LogP contribution in [0, 0.1) is 0 Å². The molecule has 0 aliphatic carbocycles. The number of hydrogen-bond acceptors (Lipinski definition) is 2. The fraction of sp³-hybridized carbons (Fsp3) is 0.333. The molecule has 0 atom stereocenters. The van der Waals surface area contributed by atoms with Crippen molar-refractivity contribution in [3.05, 3.63) is 22.7 Å². The Bertz CT molecular complexity index is 277. The zero-order valence-corrected chi connectivity index (χ0v) is 9.78. The first-order chi connectivity index (χ1) is 6.22. The second kappa shape index (κ2) is 4.72.